The zero-order valence-electron chi connectivity index (χ0n) is 18.3. The zero-order valence-corrected chi connectivity index (χ0v) is 18.3. The number of nitrogens with one attached hydrogen (secondary N) is 2. The van der Waals surface area contributed by atoms with Gasteiger partial charge in [-0.25, -0.2) is 0 Å². The lowest BCUT2D eigenvalue weighted by Crippen LogP contribution is -2.49. The van der Waals surface area contributed by atoms with Crippen molar-refractivity contribution >= 4 is 28.9 Å². The highest BCUT2D eigenvalue weighted by atomic mass is 16.6. The first-order valence-corrected chi connectivity index (χ1v) is 10.8. The van der Waals surface area contributed by atoms with Crippen molar-refractivity contribution < 1.29 is 14.5 Å². The normalized spacial score (nSPS) is 14.7. The van der Waals surface area contributed by atoms with Crippen molar-refractivity contribution in [2.24, 2.45) is 0 Å². The number of carbonyl (C=O) groups is 2. The highest BCUT2D eigenvalue weighted by Crippen LogP contribution is 2.23. The van der Waals surface area contributed by atoms with E-state index in [9.17, 15) is 19.7 Å². The first kappa shape index (κ1) is 23.4. The van der Waals surface area contributed by atoms with E-state index < -0.39 is 4.92 Å². The van der Waals surface area contributed by atoms with Crippen molar-refractivity contribution in [2.45, 2.75) is 19.8 Å². The minimum Gasteiger partial charge on any atom is -0.325 e. The number of benzene rings is 2. The van der Waals surface area contributed by atoms with E-state index >= 15 is 0 Å². The maximum atomic E-state index is 12.4. The second-order valence-corrected chi connectivity index (χ2v) is 7.75. The van der Waals surface area contributed by atoms with Crippen LogP contribution in [0.1, 0.15) is 18.9 Å². The van der Waals surface area contributed by atoms with E-state index in [-0.39, 0.29) is 29.6 Å². The number of nitrogens with zero attached hydrogens (tertiary/aromatic N) is 3. The Balaban J connectivity index is 1.39. The molecule has 3 rings (SSSR count). The highest BCUT2D eigenvalue weighted by Gasteiger charge is 2.20. The summed E-state index contributed by atoms with van der Waals surface area (Å²) in [5.74, 6) is -0.279. The van der Waals surface area contributed by atoms with Crippen molar-refractivity contribution in [3.8, 4) is 0 Å². The third-order valence-corrected chi connectivity index (χ3v) is 5.53. The van der Waals surface area contributed by atoms with Crippen LogP contribution in [-0.4, -0.2) is 65.8 Å². The molecule has 1 saturated heterocycles. The fraction of sp³-hybridized carbons (Fsp3) is 0.391. The number of piperazine rings is 1. The van der Waals surface area contributed by atoms with E-state index in [2.05, 4.69) is 27.4 Å². The van der Waals surface area contributed by atoms with Gasteiger partial charge >= 0.3 is 0 Å². The molecule has 170 valence electrons. The third-order valence-electron chi connectivity index (χ3n) is 5.53. The van der Waals surface area contributed by atoms with Crippen LogP contribution in [0, 0.1) is 10.1 Å². The van der Waals surface area contributed by atoms with Crippen LogP contribution in [0.2, 0.25) is 0 Å². The summed E-state index contributed by atoms with van der Waals surface area (Å²) in [6.45, 7) is 5.98. The molecule has 2 amide bonds. The molecule has 0 aromatic heterocycles. The maximum Gasteiger partial charge on any atom is 0.292 e. The second-order valence-electron chi connectivity index (χ2n) is 7.75. The Morgan fingerprint density at radius 2 is 1.50 bits per heavy atom. The van der Waals surface area contributed by atoms with E-state index in [4.69, 9.17) is 0 Å². The van der Waals surface area contributed by atoms with Gasteiger partial charge in [-0.2, -0.15) is 0 Å². The molecule has 9 heteroatoms. The summed E-state index contributed by atoms with van der Waals surface area (Å²) in [5, 5.41) is 16.7. The van der Waals surface area contributed by atoms with Gasteiger partial charge in [0.2, 0.25) is 11.8 Å². The van der Waals surface area contributed by atoms with Gasteiger partial charge in [0.25, 0.3) is 5.69 Å². The molecule has 0 saturated carbocycles. The zero-order chi connectivity index (χ0) is 22.9. The molecule has 1 heterocycles. The van der Waals surface area contributed by atoms with E-state index in [1.165, 1.54) is 12.1 Å². The summed E-state index contributed by atoms with van der Waals surface area (Å²) in [6, 6.07) is 13.9. The number of aryl methyl sites for hydroxylation is 1. The molecule has 2 aromatic carbocycles. The summed E-state index contributed by atoms with van der Waals surface area (Å²) in [7, 11) is 0. The van der Waals surface area contributed by atoms with Gasteiger partial charge in [0.15, 0.2) is 0 Å². The van der Waals surface area contributed by atoms with E-state index in [1.54, 1.807) is 12.1 Å². The van der Waals surface area contributed by atoms with E-state index in [0.29, 0.717) is 13.1 Å². The smallest absolute Gasteiger partial charge is 0.292 e. The highest BCUT2D eigenvalue weighted by molar-refractivity contribution is 5.93. The Morgan fingerprint density at radius 3 is 2.19 bits per heavy atom. The fourth-order valence-corrected chi connectivity index (χ4v) is 3.73. The first-order chi connectivity index (χ1) is 15.5. The predicted molar refractivity (Wildman–Crippen MR) is 124 cm³/mol. The molecule has 2 aromatic rings. The third kappa shape index (κ3) is 6.60. The van der Waals surface area contributed by atoms with Gasteiger partial charge in [0, 0.05) is 50.9 Å². The van der Waals surface area contributed by atoms with Crippen LogP contribution in [0.5, 0.6) is 0 Å². The van der Waals surface area contributed by atoms with Gasteiger partial charge in [-0.1, -0.05) is 37.3 Å². The lowest BCUT2D eigenvalue weighted by Gasteiger charge is -2.34. The molecule has 0 bridgehead atoms. The second kappa shape index (κ2) is 11.4. The van der Waals surface area contributed by atoms with Crippen LogP contribution in [0.3, 0.4) is 0 Å². The molecule has 9 nitrogen and oxygen atoms in total. The standard InChI is InChI=1S/C23H29N5O4/c1-2-18-7-3-4-8-19(18)24-23(30)17-27-15-13-26(14-16-27)12-11-22(29)25-20-9-5-6-10-21(20)28(31)32/h3-10H,2,11-17H2,1H3,(H,24,30)(H,25,29). The Kier molecular flexibility index (Phi) is 8.29. The molecule has 0 spiro atoms. The van der Waals surface area contributed by atoms with Crippen molar-refractivity contribution in [2.75, 3.05) is 49.9 Å². The largest absolute Gasteiger partial charge is 0.325 e. The molecule has 0 radical (unpaired) electrons. The number of rotatable bonds is 9. The molecule has 1 fully saturated rings. The van der Waals surface area contributed by atoms with E-state index in [0.717, 1.165) is 43.9 Å². The average Bonchev–Trinajstić information content (AvgIpc) is 2.79. The Hall–Kier alpha value is -3.30. The Morgan fingerprint density at radius 1 is 0.906 bits per heavy atom. The molecule has 1 aliphatic rings. The van der Waals surface area contributed by atoms with Gasteiger partial charge in [0.05, 0.1) is 11.5 Å². The SMILES string of the molecule is CCc1ccccc1NC(=O)CN1CCN(CCC(=O)Nc2ccccc2[N+](=O)[O-])CC1. The van der Waals surface area contributed by atoms with Crippen LogP contribution in [0.4, 0.5) is 17.1 Å². The summed E-state index contributed by atoms with van der Waals surface area (Å²) in [4.78, 5) is 39.5. The quantitative estimate of drug-likeness (QED) is 0.460. The summed E-state index contributed by atoms with van der Waals surface area (Å²) < 4.78 is 0. The number of hydrogen-bond donors (Lipinski definition) is 2. The van der Waals surface area contributed by atoms with Crippen molar-refractivity contribution in [3.05, 3.63) is 64.2 Å². The number of para-hydroxylation sites is 3. The predicted octanol–water partition coefficient (Wildman–Crippen LogP) is 2.74. The van der Waals surface area contributed by atoms with Gasteiger partial charge < -0.3 is 15.5 Å². The van der Waals surface area contributed by atoms with Crippen LogP contribution in [0.15, 0.2) is 48.5 Å². The Labute approximate surface area is 187 Å². The average molecular weight is 440 g/mol. The molecule has 0 unspecified atom stereocenters. The summed E-state index contributed by atoms with van der Waals surface area (Å²) in [5.41, 5.74) is 2.07. The van der Waals surface area contributed by atoms with Crippen molar-refractivity contribution in [1.29, 1.82) is 0 Å². The molecule has 0 atom stereocenters. The molecule has 32 heavy (non-hydrogen) atoms. The molecular weight excluding hydrogens is 410 g/mol. The lowest BCUT2D eigenvalue weighted by molar-refractivity contribution is -0.383. The number of hydrogen-bond acceptors (Lipinski definition) is 6. The number of carbonyl (C=O) groups excluding carboxylic acids is 2. The minimum atomic E-state index is -0.508. The maximum absolute atomic E-state index is 12.4. The molecular formula is C23H29N5O4. The number of anilines is 2. The minimum absolute atomic E-state index is 0.0248. The van der Waals surface area contributed by atoms with Crippen LogP contribution >= 0.6 is 0 Å². The monoisotopic (exact) mass is 439 g/mol. The topological polar surface area (TPSA) is 108 Å². The van der Waals surface area contributed by atoms with Gasteiger partial charge in [0.1, 0.15) is 5.69 Å². The number of nitro groups is 1. The lowest BCUT2D eigenvalue weighted by atomic mass is 10.1. The Bertz CT molecular complexity index is 957. The first-order valence-electron chi connectivity index (χ1n) is 10.8. The van der Waals surface area contributed by atoms with Gasteiger partial charge in [-0.05, 0) is 24.1 Å². The molecule has 2 N–H and O–H groups in total. The number of amides is 2. The van der Waals surface area contributed by atoms with E-state index in [1.807, 2.05) is 24.3 Å². The van der Waals surface area contributed by atoms with Crippen LogP contribution < -0.4 is 10.6 Å². The summed E-state index contributed by atoms with van der Waals surface area (Å²) in [6.07, 6.45) is 1.11. The van der Waals surface area contributed by atoms with Crippen LogP contribution in [-0.2, 0) is 16.0 Å². The number of nitro benzene ring substituents is 1. The van der Waals surface area contributed by atoms with Gasteiger partial charge in [-0.15, -0.1) is 0 Å². The summed E-state index contributed by atoms with van der Waals surface area (Å²) >= 11 is 0. The van der Waals surface area contributed by atoms with Crippen molar-refractivity contribution in [1.82, 2.24) is 9.80 Å². The van der Waals surface area contributed by atoms with Crippen LogP contribution in [0.25, 0.3) is 0 Å². The molecule has 1 aliphatic heterocycles. The fourth-order valence-electron chi connectivity index (χ4n) is 3.73. The van der Waals surface area contributed by atoms with Gasteiger partial charge in [-0.3, -0.25) is 24.6 Å². The van der Waals surface area contributed by atoms with Crippen molar-refractivity contribution in [3.63, 3.8) is 0 Å². The molecule has 0 aliphatic carbocycles.